The number of nitrogens with one attached hydrogen (secondary N) is 1. The summed E-state index contributed by atoms with van der Waals surface area (Å²) in [5, 5.41) is 0.715. The first-order chi connectivity index (χ1) is 15.3. The van der Waals surface area contributed by atoms with Crippen LogP contribution in [0.4, 0.5) is 5.95 Å². The monoisotopic (exact) mass is 432 g/mol. The lowest BCUT2D eigenvalue weighted by Gasteiger charge is -2.24. The minimum absolute atomic E-state index is 0.0764. The number of anilines is 1. The van der Waals surface area contributed by atoms with Crippen molar-refractivity contribution in [2.75, 3.05) is 11.5 Å². The Hall–Kier alpha value is -3.03. The number of para-hydroxylation sites is 1. The molecule has 158 valence electrons. The number of hydrogen-bond donors (Lipinski definition) is 1. The predicted molar refractivity (Wildman–Crippen MR) is 124 cm³/mol. The van der Waals surface area contributed by atoms with Gasteiger partial charge in [0, 0.05) is 45.2 Å². The van der Waals surface area contributed by atoms with Crippen molar-refractivity contribution in [2.24, 2.45) is 0 Å². The molecule has 4 aromatic rings. The number of ether oxygens (including phenoxy) is 1. The molecule has 1 aromatic carbocycles. The Labute approximate surface area is 184 Å². The van der Waals surface area contributed by atoms with E-state index in [4.69, 9.17) is 4.74 Å². The molecule has 1 atom stereocenters. The highest BCUT2D eigenvalue weighted by atomic mass is 32.1. The zero-order chi connectivity index (χ0) is 21.2. The number of aromatic amines is 1. The number of unbranched alkanes of at least 4 members (excludes halogenated alkanes) is 1. The summed E-state index contributed by atoms with van der Waals surface area (Å²) in [6.45, 7) is 4.03. The number of fused-ring (bicyclic) bond motifs is 2. The Bertz CT molecular complexity index is 1250. The maximum Gasteiger partial charge on any atom is 0.226 e. The number of nitrogens with zero attached hydrogens (tertiary/aromatic N) is 3. The fourth-order valence-corrected chi connectivity index (χ4v) is 5.14. The molecule has 1 aliphatic heterocycles. The third kappa shape index (κ3) is 3.75. The van der Waals surface area contributed by atoms with Crippen LogP contribution in [0.25, 0.3) is 10.9 Å². The fourth-order valence-electron chi connectivity index (χ4n) is 4.06. The van der Waals surface area contributed by atoms with Gasteiger partial charge in [-0.05, 0) is 36.8 Å². The van der Waals surface area contributed by atoms with E-state index in [1.165, 1.54) is 4.88 Å². The molecule has 0 aliphatic carbocycles. The summed E-state index contributed by atoms with van der Waals surface area (Å²) in [6.07, 6.45) is 5.67. The van der Waals surface area contributed by atoms with E-state index in [0.29, 0.717) is 24.5 Å². The predicted octanol–water partition coefficient (Wildman–Crippen LogP) is 4.81. The van der Waals surface area contributed by atoms with Gasteiger partial charge in [-0.25, -0.2) is 9.97 Å². The van der Waals surface area contributed by atoms with Crippen LogP contribution in [-0.2, 0) is 17.9 Å². The normalized spacial score (nSPS) is 15.5. The van der Waals surface area contributed by atoms with Crippen molar-refractivity contribution in [3.8, 4) is 0 Å². The molecule has 4 heterocycles. The molecule has 1 N–H and O–H groups in total. The van der Waals surface area contributed by atoms with E-state index in [1.807, 2.05) is 24.3 Å². The second-order valence-corrected chi connectivity index (χ2v) is 8.88. The van der Waals surface area contributed by atoms with Crippen LogP contribution in [0.2, 0.25) is 0 Å². The van der Waals surface area contributed by atoms with Gasteiger partial charge in [-0.3, -0.25) is 4.79 Å². The minimum Gasteiger partial charge on any atom is -0.376 e. The van der Waals surface area contributed by atoms with Crippen LogP contribution in [0.1, 0.15) is 46.8 Å². The van der Waals surface area contributed by atoms with Gasteiger partial charge in [-0.15, -0.1) is 11.3 Å². The van der Waals surface area contributed by atoms with Crippen molar-refractivity contribution >= 4 is 28.2 Å². The van der Waals surface area contributed by atoms with E-state index < -0.39 is 0 Å². The van der Waals surface area contributed by atoms with Gasteiger partial charge in [0.15, 0.2) is 5.43 Å². The molecule has 0 amide bonds. The molecule has 0 saturated carbocycles. The van der Waals surface area contributed by atoms with Crippen LogP contribution in [0.15, 0.2) is 59.7 Å². The number of benzene rings is 1. The summed E-state index contributed by atoms with van der Waals surface area (Å²) in [5.74, 6) is 0.620. The molecule has 7 heteroatoms. The topological polar surface area (TPSA) is 71.1 Å². The molecule has 0 fully saturated rings. The number of hydrogen-bond acceptors (Lipinski definition) is 6. The van der Waals surface area contributed by atoms with Crippen LogP contribution in [0, 0.1) is 0 Å². The summed E-state index contributed by atoms with van der Waals surface area (Å²) < 4.78 is 5.81. The van der Waals surface area contributed by atoms with E-state index in [0.717, 1.165) is 41.1 Å². The number of rotatable bonds is 7. The molecular formula is C24H24N4O2S. The van der Waals surface area contributed by atoms with E-state index in [9.17, 15) is 4.79 Å². The Morgan fingerprint density at radius 3 is 2.84 bits per heavy atom. The van der Waals surface area contributed by atoms with Gasteiger partial charge in [0.2, 0.25) is 5.95 Å². The average molecular weight is 433 g/mol. The first-order valence-electron chi connectivity index (χ1n) is 10.6. The van der Waals surface area contributed by atoms with Crippen molar-refractivity contribution in [1.29, 1.82) is 0 Å². The smallest absolute Gasteiger partial charge is 0.226 e. The van der Waals surface area contributed by atoms with Gasteiger partial charge in [-0.2, -0.15) is 0 Å². The Balaban J connectivity index is 1.57. The van der Waals surface area contributed by atoms with E-state index in [2.05, 4.69) is 38.9 Å². The summed E-state index contributed by atoms with van der Waals surface area (Å²) in [7, 11) is 0. The van der Waals surface area contributed by atoms with Crippen molar-refractivity contribution in [3.63, 3.8) is 0 Å². The molecule has 0 radical (unpaired) electrons. The van der Waals surface area contributed by atoms with Gasteiger partial charge in [0.05, 0.1) is 18.8 Å². The summed E-state index contributed by atoms with van der Waals surface area (Å²) in [6, 6.07) is 13.6. The third-order valence-corrected chi connectivity index (χ3v) is 6.71. The first kappa shape index (κ1) is 19.9. The van der Waals surface area contributed by atoms with Gasteiger partial charge >= 0.3 is 0 Å². The zero-order valence-electron chi connectivity index (χ0n) is 17.4. The van der Waals surface area contributed by atoms with Crippen molar-refractivity contribution in [3.05, 3.63) is 86.1 Å². The molecule has 0 spiro atoms. The summed E-state index contributed by atoms with van der Waals surface area (Å²) >= 11 is 1.72. The Kier molecular flexibility index (Phi) is 5.53. The lowest BCUT2D eigenvalue weighted by Crippen LogP contribution is -2.24. The lowest BCUT2D eigenvalue weighted by atomic mass is 10.1. The maximum absolute atomic E-state index is 13.3. The summed E-state index contributed by atoms with van der Waals surface area (Å²) in [5.41, 5.74) is 2.64. The Morgan fingerprint density at radius 2 is 2.00 bits per heavy atom. The van der Waals surface area contributed by atoms with Crippen LogP contribution in [0.3, 0.4) is 0 Å². The lowest BCUT2D eigenvalue weighted by molar-refractivity contribution is 0.120. The third-order valence-electron chi connectivity index (χ3n) is 5.60. The van der Waals surface area contributed by atoms with Crippen molar-refractivity contribution in [1.82, 2.24) is 15.0 Å². The van der Waals surface area contributed by atoms with E-state index in [-0.39, 0.29) is 11.5 Å². The molecular weight excluding hydrogens is 408 g/mol. The molecule has 0 bridgehead atoms. The van der Waals surface area contributed by atoms with Crippen molar-refractivity contribution in [2.45, 2.75) is 39.0 Å². The van der Waals surface area contributed by atoms with Gasteiger partial charge in [0.1, 0.15) is 6.04 Å². The summed E-state index contributed by atoms with van der Waals surface area (Å²) in [4.78, 5) is 30.2. The van der Waals surface area contributed by atoms with E-state index in [1.54, 1.807) is 29.8 Å². The van der Waals surface area contributed by atoms with Gasteiger partial charge < -0.3 is 14.6 Å². The highest BCUT2D eigenvalue weighted by molar-refractivity contribution is 7.12. The molecule has 1 unspecified atom stereocenters. The van der Waals surface area contributed by atoms with Gasteiger partial charge in [-0.1, -0.05) is 25.5 Å². The molecule has 1 aliphatic rings. The quantitative estimate of drug-likeness (QED) is 0.425. The second kappa shape index (κ2) is 8.61. The van der Waals surface area contributed by atoms with Gasteiger partial charge in [0.25, 0.3) is 0 Å². The SMILES string of the molecule is CCCCOCc1ccc(C2c3[nH]c4ccccc4c(=O)c3CN2c2ncccn2)s1. The molecule has 31 heavy (non-hydrogen) atoms. The molecule has 5 rings (SSSR count). The fraction of sp³-hybridized carbons (Fsp3) is 0.292. The van der Waals surface area contributed by atoms with Crippen LogP contribution >= 0.6 is 11.3 Å². The highest BCUT2D eigenvalue weighted by Crippen LogP contribution is 2.41. The molecule has 3 aromatic heterocycles. The van der Waals surface area contributed by atoms with E-state index >= 15 is 0 Å². The Morgan fingerprint density at radius 1 is 1.16 bits per heavy atom. The second-order valence-electron chi connectivity index (χ2n) is 7.68. The molecule has 0 saturated heterocycles. The molecule has 6 nitrogen and oxygen atoms in total. The minimum atomic E-state index is -0.135. The number of H-pyrrole nitrogens is 1. The zero-order valence-corrected chi connectivity index (χ0v) is 18.2. The number of pyridine rings is 1. The standard InChI is InChI=1S/C24H24N4O2S/c1-2-3-13-30-15-16-9-10-20(31-16)22-21-18(14-28(22)24-25-11-6-12-26-24)23(29)17-7-4-5-8-19(17)27-21/h4-12,22H,2-3,13-15H2,1H3,(H,27,29). The maximum atomic E-state index is 13.3. The highest BCUT2D eigenvalue weighted by Gasteiger charge is 2.37. The van der Waals surface area contributed by atoms with Crippen LogP contribution < -0.4 is 10.3 Å². The number of aromatic nitrogens is 3. The number of thiophene rings is 1. The largest absolute Gasteiger partial charge is 0.376 e. The van der Waals surface area contributed by atoms with Crippen LogP contribution in [0.5, 0.6) is 0 Å². The van der Waals surface area contributed by atoms with Crippen molar-refractivity contribution < 1.29 is 4.74 Å². The van der Waals surface area contributed by atoms with Crippen LogP contribution in [-0.4, -0.2) is 21.6 Å². The average Bonchev–Trinajstić information content (AvgIpc) is 3.42. The first-order valence-corrected chi connectivity index (χ1v) is 11.4.